The second-order valence-corrected chi connectivity index (χ2v) is 7.98. The Bertz CT molecular complexity index is 613. The van der Waals surface area contributed by atoms with Gasteiger partial charge in [0, 0.05) is 38.2 Å². The summed E-state index contributed by atoms with van der Waals surface area (Å²) in [5, 5.41) is 3.44. The molecule has 0 saturated carbocycles. The predicted molar refractivity (Wildman–Crippen MR) is 134 cm³/mol. The van der Waals surface area contributed by atoms with Gasteiger partial charge in [-0.3, -0.25) is 0 Å². The first-order valence-electron chi connectivity index (χ1n) is 10.9. The normalized spacial score (nSPS) is 16.6. The Balaban J connectivity index is 0.00000450. The molecule has 1 unspecified atom stereocenters. The molecule has 1 atom stereocenters. The van der Waals surface area contributed by atoms with Crippen molar-refractivity contribution in [2.75, 3.05) is 53.2 Å². The van der Waals surface area contributed by atoms with Crippen LogP contribution < -0.4 is 10.1 Å². The van der Waals surface area contributed by atoms with Gasteiger partial charge in [0.15, 0.2) is 5.96 Å². The number of ether oxygens (including phenoxy) is 3. The van der Waals surface area contributed by atoms with E-state index in [1.807, 2.05) is 12.1 Å². The van der Waals surface area contributed by atoms with Crippen molar-refractivity contribution in [3.8, 4) is 5.75 Å². The number of methoxy groups -OCH3 is 1. The molecule has 30 heavy (non-hydrogen) atoms. The van der Waals surface area contributed by atoms with Gasteiger partial charge in [0.05, 0.1) is 33.0 Å². The number of benzene rings is 1. The summed E-state index contributed by atoms with van der Waals surface area (Å²) in [7, 11) is 1.70. The molecule has 1 aromatic rings. The number of aliphatic imine (C=N–C) groups is 1. The van der Waals surface area contributed by atoms with Gasteiger partial charge in [-0.05, 0) is 31.7 Å². The van der Waals surface area contributed by atoms with Crippen LogP contribution in [-0.4, -0.2) is 64.0 Å². The van der Waals surface area contributed by atoms with Gasteiger partial charge in [-0.1, -0.05) is 32.0 Å². The molecule has 0 amide bonds. The fraction of sp³-hybridized carbons (Fsp3) is 0.696. The van der Waals surface area contributed by atoms with Gasteiger partial charge < -0.3 is 24.4 Å². The quantitative estimate of drug-likeness (QED) is 0.189. The summed E-state index contributed by atoms with van der Waals surface area (Å²) in [5.41, 5.74) is 1.13. The molecule has 2 rings (SSSR count). The van der Waals surface area contributed by atoms with Crippen LogP contribution in [0.5, 0.6) is 5.75 Å². The molecule has 172 valence electrons. The Morgan fingerprint density at radius 1 is 1.23 bits per heavy atom. The van der Waals surface area contributed by atoms with Gasteiger partial charge in [-0.2, -0.15) is 0 Å². The molecule has 0 bridgehead atoms. The fourth-order valence-corrected chi connectivity index (χ4v) is 3.32. The minimum atomic E-state index is 0. The van der Waals surface area contributed by atoms with Gasteiger partial charge >= 0.3 is 0 Å². The van der Waals surface area contributed by atoms with Crippen molar-refractivity contribution in [1.29, 1.82) is 0 Å². The molecule has 1 N–H and O–H groups in total. The van der Waals surface area contributed by atoms with Crippen LogP contribution in [0.4, 0.5) is 0 Å². The largest absolute Gasteiger partial charge is 0.493 e. The summed E-state index contributed by atoms with van der Waals surface area (Å²) < 4.78 is 16.8. The van der Waals surface area contributed by atoms with Gasteiger partial charge in [0.1, 0.15) is 5.75 Å². The third-order valence-corrected chi connectivity index (χ3v) is 5.03. The van der Waals surface area contributed by atoms with Crippen molar-refractivity contribution < 1.29 is 14.2 Å². The highest BCUT2D eigenvalue weighted by molar-refractivity contribution is 14.0. The number of nitrogens with one attached hydrogen (secondary N) is 1. The van der Waals surface area contributed by atoms with E-state index in [1.165, 1.54) is 0 Å². The highest BCUT2D eigenvalue weighted by Crippen LogP contribution is 2.21. The van der Waals surface area contributed by atoms with Crippen LogP contribution in [-0.2, 0) is 16.0 Å². The van der Waals surface area contributed by atoms with Crippen molar-refractivity contribution in [1.82, 2.24) is 10.2 Å². The minimum Gasteiger partial charge on any atom is -0.493 e. The molecule has 1 fully saturated rings. The molecule has 0 aromatic heterocycles. The number of guanidine groups is 1. The Hall–Kier alpha value is -1.06. The SMILES string of the molecule is CCNC(=NCc1ccccc1OCCC(C)C)N1CCC(COCCOC)C1.I. The highest BCUT2D eigenvalue weighted by atomic mass is 127. The van der Waals surface area contributed by atoms with Gasteiger partial charge in [0.2, 0.25) is 0 Å². The molecular formula is C23H40IN3O3. The molecule has 7 heteroatoms. The maximum atomic E-state index is 6.02. The van der Waals surface area contributed by atoms with Crippen LogP contribution in [0.2, 0.25) is 0 Å². The second-order valence-electron chi connectivity index (χ2n) is 7.98. The van der Waals surface area contributed by atoms with Gasteiger partial charge in [-0.25, -0.2) is 4.99 Å². The molecule has 1 aliphatic heterocycles. The average Bonchev–Trinajstić information content (AvgIpc) is 3.18. The van der Waals surface area contributed by atoms with Crippen LogP contribution in [0.15, 0.2) is 29.3 Å². The van der Waals surface area contributed by atoms with Gasteiger partial charge in [0.25, 0.3) is 0 Å². The Labute approximate surface area is 199 Å². The first-order chi connectivity index (χ1) is 14.1. The lowest BCUT2D eigenvalue weighted by atomic mass is 10.1. The second kappa shape index (κ2) is 15.7. The minimum absolute atomic E-state index is 0. The lowest BCUT2D eigenvalue weighted by molar-refractivity contribution is 0.0536. The summed E-state index contributed by atoms with van der Waals surface area (Å²) in [6.45, 7) is 12.8. The lowest BCUT2D eigenvalue weighted by Crippen LogP contribution is -2.40. The Morgan fingerprint density at radius 3 is 2.77 bits per heavy atom. The van der Waals surface area contributed by atoms with Crippen molar-refractivity contribution in [2.24, 2.45) is 16.8 Å². The maximum absolute atomic E-state index is 6.02. The third kappa shape index (κ3) is 9.83. The summed E-state index contributed by atoms with van der Waals surface area (Å²) >= 11 is 0. The monoisotopic (exact) mass is 533 g/mol. The summed E-state index contributed by atoms with van der Waals surface area (Å²) in [5.74, 6) is 3.10. The number of hydrogen-bond donors (Lipinski definition) is 1. The molecule has 0 radical (unpaired) electrons. The number of nitrogens with zero attached hydrogens (tertiary/aromatic N) is 2. The van der Waals surface area contributed by atoms with Crippen molar-refractivity contribution in [3.63, 3.8) is 0 Å². The number of para-hydroxylation sites is 1. The predicted octanol–water partition coefficient (Wildman–Crippen LogP) is 4.18. The van der Waals surface area contributed by atoms with E-state index in [1.54, 1.807) is 7.11 Å². The zero-order chi connectivity index (χ0) is 20.9. The van der Waals surface area contributed by atoms with Gasteiger partial charge in [-0.15, -0.1) is 24.0 Å². The molecule has 1 aromatic carbocycles. The van der Waals surface area contributed by atoms with E-state index in [0.29, 0.717) is 31.6 Å². The van der Waals surface area contributed by atoms with Crippen LogP contribution in [0.3, 0.4) is 0 Å². The molecule has 0 spiro atoms. The van der Waals surface area contributed by atoms with Crippen LogP contribution >= 0.6 is 24.0 Å². The van der Waals surface area contributed by atoms with E-state index < -0.39 is 0 Å². The average molecular weight is 533 g/mol. The first kappa shape index (κ1) is 27.0. The Kier molecular flexibility index (Phi) is 14.1. The zero-order valence-corrected chi connectivity index (χ0v) is 21.4. The van der Waals surface area contributed by atoms with Crippen LogP contribution in [0, 0.1) is 11.8 Å². The standard InChI is InChI=1S/C23H39N3O3.HI/c1-5-24-23(26-12-10-20(17-26)18-28-15-14-27-4)25-16-21-8-6-7-9-22(21)29-13-11-19(2)3;/h6-9,19-20H,5,10-18H2,1-4H3,(H,24,25);1H. The smallest absolute Gasteiger partial charge is 0.194 e. The molecule has 1 aliphatic rings. The van der Waals surface area contributed by atoms with E-state index in [-0.39, 0.29) is 24.0 Å². The maximum Gasteiger partial charge on any atom is 0.194 e. The number of rotatable bonds is 12. The zero-order valence-electron chi connectivity index (χ0n) is 19.1. The molecule has 6 nitrogen and oxygen atoms in total. The fourth-order valence-electron chi connectivity index (χ4n) is 3.32. The van der Waals surface area contributed by atoms with Crippen LogP contribution in [0.1, 0.15) is 39.2 Å². The molecule has 0 aliphatic carbocycles. The van der Waals surface area contributed by atoms with Crippen molar-refractivity contribution >= 4 is 29.9 Å². The number of hydrogen-bond acceptors (Lipinski definition) is 4. The Morgan fingerprint density at radius 2 is 2.03 bits per heavy atom. The number of likely N-dealkylation sites (tertiary alicyclic amines) is 1. The number of halogens is 1. The van der Waals surface area contributed by atoms with E-state index in [0.717, 1.165) is 63.0 Å². The van der Waals surface area contributed by atoms with E-state index >= 15 is 0 Å². The van der Waals surface area contributed by atoms with Crippen LogP contribution in [0.25, 0.3) is 0 Å². The molecular weight excluding hydrogens is 493 g/mol. The van der Waals surface area contributed by atoms with E-state index in [9.17, 15) is 0 Å². The third-order valence-electron chi connectivity index (χ3n) is 5.03. The van der Waals surface area contributed by atoms with Crippen molar-refractivity contribution in [2.45, 2.75) is 40.2 Å². The van der Waals surface area contributed by atoms with Crippen molar-refractivity contribution in [3.05, 3.63) is 29.8 Å². The summed E-state index contributed by atoms with van der Waals surface area (Å²) in [6, 6.07) is 8.23. The summed E-state index contributed by atoms with van der Waals surface area (Å²) in [4.78, 5) is 7.25. The lowest BCUT2D eigenvalue weighted by Gasteiger charge is -2.22. The van der Waals surface area contributed by atoms with E-state index in [4.69, 9.17) is 19.2 Å². The topological polar surface area (TPSA) is 55.3 Å². The summed E-state index contributed by atoms with van der Waals surface area (Å²) in [6.07, 6.45) is 2.19. The molecule has 1 heterocycles. The van der Waals surface area contributed by atoms with E-state index in [2.05, 4.69) is 43.1 Å². The first-order valence-corrected chi connectivity index (χ1v) is 10.9. The molecule has 1 saturated heterocycles. The highest BCUT2D eigenvalue weighted by Gasteiger charge is 2.25.